The van der Waals surface area contributed by atoms with E-state index in [1.807, 2.05) is 6.20 Å². The molecule has 0 saturated carbocycles. The number of hydrogen-bond acceptors (Lipinski definition) is 4. The molecule has 0 aromatic carbocycles. The summed E-state index contributed by atoms with van der Waals surface area (Å²) in [6, 6.07) is 0. The first-order valence-electron chi connectivity index (χ1n) is 8.46. The molecule has 1 aromatic rings. The van der Waals surface area contributed by atoms with Crippen molar-refractivity contribution in [2.75, 3.05) is 33.7 Å². The molecule has 1 aromatic heterocycles. The van der Waals surface area contributed by atoms with Crippen molar-refractivity contribution in [2.45, 2.75) is 45.6 Å². The Morgan fingerprint density at radius 3 is 2.61 bits per heavy atom. The maximum absolute atomic E-state index is 5.79. The highest BCUT2D eigenvalue weighted by atomic mass is 16.4. The molecule has 1 aliphatic rings. The van der Waals surface area contributed by atoms with Gasteiger partial charge >= 0.3 is 0 Å². The van der Waals surface area contributed by atoms with E-state index in [0.29, 0.717) is 12.4 Å². The van der Waals surface area contributed by atoms with E-state index in [-0.39, 0.29) is 5.41 Å². The van der Waals surface area contributed by atoms with Gasteiger partial charge in [0.15, 0.2) is 5.96 Å². The van der Waals surface area contributed by atoms with Crippen LogP contribution in [0.3, 0.4) is 0 Å². The first kappa shape index (κ1) is 17.8. The number of piperidine rings is 1. The third-order valence-corrected chi connectivity index (χ3v) is 4.32. The molecule has 0 radical (unpaired) electrons. The van der Waals surface area contributed by atoms with Gasteiger partial charge in [0.05, 0.1) is 12.7 Å². The summed E-state index contributed by atoms with van der Waals surface area (Å²) in [4.78, 5) is 11.0. The van der Waals surface area contributed by atoms with Crippen molar-refractivity contribution in [3.05, 3.63) is 17.8 Å². The average Bonchev–Trinajstić information content (AvgIpc) is 2.98. The normalized spacial score (nSPS) is 18.2. The van der Waals surface area contributed by atoms with Crippen LogP contribution in [0.25, 0.3) is 0 Å². The van der Waals surface area contributed by atoms with Crippen molar-refractivity contribution in [3.63, 3.8) is 0 Å². The summed E-state index contributed by atoms with van der Waals surface area (Å²) in [5, 5.41) is 6.68. The van der Waals surface area contributed by atoms with Crippen LogP contribution in [0, 0.1) is 5.92 Å². The average molecular weight is 321 g/mol. The zero-order chi connectivity index (χ0) is 16.9. The van der Waals surface area contributed by atoms with Crippen LogP contribution in [0.2, 0.25) is 0 Å². The number of guanidine groups is 1. The van der Waals surface area contributed by atoms with Crippen molar-refractivity contribution in [1.29, 1.82) is 0 Å². The molecule has 130 valence electrons. The number of nitrogens with zero attached hydrogens (tertiary/aromatic N) is 3. The lowest BCUT2D eigenvalue weighted by Crippen LogP contribution is -2.42. The highest BCUT2D eigenvalue weighted by Gasteiger charge is 2.19. The molecule has 0 amide bonds. The van der Waals surface area contributed by atoms with Gasteiger partial charge in [0.1, 0.15) is 5.76 Å². The predicted octanol–water partition coefficient (Wildman–Crippen LogP) is 1.98. The summed E-state index contributed by atoms with van der Waals surface area (Å²) < 4.78 is 5.79. The molecule has 1 fully saturated rings. The summed E-state index contributed by atoms with van der Waals surface area (Å²) >= 11 is 0. The summed E-state index contributed by atoms with van der Waals surface area (Å²) in [5.74, 6) is 3.12. The molecule has 0 spiro atoms. The van der Waals surface area contributed by atoms with Crippen molar-refractivity contribution in [2.24, 2.45) is 10.9 Å². The number of aliphatic imine (C=N–C) groups is 1. The molecule has 2 N–H and O–H groups in total. The highest BCUT2D eigenvalue weighted by molar-refractivity contribution is 5.79. The van der Waals surface area contributed by atoms with Crippen LogP contribution in [-0.4, -0.2) is 49.6 Å². The second-order valence-electron chi connectivity index (χ2n) is 7.42. The fourth-order valence-corrected chi connectivity index (χ4v) is 2.63. The van der Waals surface area contributed by atoms with Gasteiger partial charge in [-0.1, -0.05) is 20.8 Å². The molecule has 1 saturated heterocycles. The van der Waals surface area contributed by atoms with Crippen LogP contribution in [0.15, 0.2) is 15.6 Å². The Morgan fingerprint density at radius 1 is 1.35 bits per heavy atom. The molecule has 2 heterocycles. The zero-order valence-electron chi connectivity index (χ0n) is 15.1. The van der Waals surface area contributed by atoms with E-state index >= 15 is 0 Å². The van der Waals surface area contributed by atoms with Gasteiger partial charge in [0, 0.05) is 19.0 Å². The second-order valence-corrected chi connectivity index (χ2v) is 7.42. The van der Waals surface area contributed by atoms with Gasteiger partial charge in [-0.05, 0) is 38.9 Å². The molecule has 0 aliphatic carbocycles. The number of aromatic nitrogens is 1. The third kappa shape index (κ3) is 5.53. The van der Waals surface area contributed by atoms with Crippen molar-refractivity contribution in [1.82, 2.24) is 20.5 Å². The lowest BCUT2D eigenvalue weighted by molar-refractivity contribution is 0.220. The van der Waals surface area contributed by atoms with Gasteiger partial charge in [-0.15, -0.1) is 0 Å². The lowest BCUT2D eigenvalue weighted by atomic mass is 9.94. The first-order valence-corrected chi connectivity index (χ1v) is 8.46. The maximum Gasteiger partial charge on any atom is 0.213 e. The Balaban J connectivity index is 1.76. The highest BCUT2D eigenvalue weighted by Crippen LogP contribution is 2.22. The minimum absolute atomic E-state index is 0.0146. The lowest BCUT2D eigenvalue weighted by Gasteiger charge is -2.29. The summed E-state index contributed by atoms with van der Waals surface area (Å²) in [7, 11) is 3.98. The second kappa shape index (κ2) is 7.81. The monoisotopic (exact) mass is 321 g/mol. The Kier molecular flexibility index (Phi) is 6.04. The Hall–Kier alpha value is -1.56. The molecular formula is C17H31N5O. The summed E-state index contributed by atoms with van der Waals surface area (Å²) in [6.07, 6.45) is 4.30. The minimum atomic E-state index is -0.0146. The smallest absolute Gasteiger partial charge is 0.213 e. The van der Waals surface area contributed by atoms with E-state index in [1.54, 1.807) is 7.05 Å². The Bertz CT molecular complexity index is 509. The van der Waals surface area contributed by atoms with Crippen LogP contribution in [0.1, 0.15) is 45.3 Å². The Labute approximate surface area is 139 Å². The molecular weight excluding hydrogens is 290 g/mol. The zero-order valence-corrected chi connectivity index (χ0v) is 15.1. The van der Waals surface area contributed by atoms with Crippen LogP contribution in [0.5, 0.6) is 0 Å². The van der Waals surface area contributed by atoms with Gasteiger partial charge in [0.25, 0.3) is 0 Å². The Morgan fingerprint density at radius 2 is 2.04 bits per heavy atom. The number of nitrogens with one attached hydrogen (secondary N) is 2. The number of oxazole rings is 1. The van der Waals surface area contributed by atoms with E-state index in [2.05, 4.69) is 53.3 Å². The minimum Gasteiger partial charge on any atom is -0.443 e. The molecule has 0 bridgehead atoms. The largest absolute Gasteiger partial charge is 0.443 e. The van der Waals surface area contributed by atoms with Gasteiger partial charge < -0.3 is 20.0 Å². The van der Waals surface area contributed by atoms with Crippen LogP contribution in [0.4, 0.5) is 0 Å². The molecule has 6 nitrogen and oxygen atoms in total. The number of hydrogen-bond donors (Lipinski definition) is 2. The fraction of sp³-hybridized carbons (Fsp3) is 0.765. The van der Waals surface area contributed by atoms with Gasteiger partial charge in [-0.25, -0.2) is 4.98 Å². The van der Waals surface area contributed by atoms with Gasteiger partial charge in [-0.2, -0.15) is 0 Å². The van der Waals surface area contributed by atoms with E-state index in [4.69, 9.17) is 4.42 Å². The molecule has 23 heavy (non-hydrogen) atoms. The fourth-order valence-electron chi connectivity index (χ4n) is 2.63. The van der Waals surface area contributed by atoms with Crippen LogP contribution in [-0.2, 0) is 12.0 Å². The third-order valence-electron chi connectivity index (χ3n) is 4.32. The van der Waals surface area contributed by atoms with Crippen molar-refractivity contribution < 1.29 is 4.42 Å². The standard InChI is InChI=1S/C17H31N5O/c1-17(2,3)14-11-19-15(23-14)12-21-16(18-4)20-10-13-6-8-22(5)9-7-13/h11,13H,6-10,12H2,1-5H3,(H2,18,20,21). The topological polar surface area (TPSA) is 65.7 Å². The molecule has 0 atom stereocenters. The van der Waals surface area contributed by atoms with Crippen LogP contribution < -0.4 is 10.6 Å². The quantitative estimate of drug-likeness (QED) is 0.656. The van der Waals surface area contributed by atoms with Crippen molar-refractivity contribution >= 4 is 5.96 Å². The molecule has 2 rings (SSSR count). The number of rotatable bonds is 4. The SMILES string of the molecule is CN=C(NCc1ncc(C(C)(C)C)o1)NCC1CCN(C)CC1. The van der Waals surface area contributed by atoms with E-state index in [1.165, 1.54) is 25.9 Å². The van der Waals surface area contributed by atoms with E-state index in [9.17, 15) is 0 Å². The van der Waals surface area contributed by atoms with Gasteiger partial charge in [0.2, 0.25) is 5.89 Å². The molecule has 6 heteroatoms. The summed E-state index contributed by atoms with van der Waals surface area (Å²) in [6.45, 7) is 10.2. The van der Waals surface area contributed by atoms with Crippen LogP contribution >= 0.6 is 0 Å². The van der Waals surface area contributed by atoms with Crippen molar-refractivity contribution in [3.8, 4) is 0 Å². The molecule has 1 aliphatic heterocycles. The van der Waals surface area contributed by atoms with E-state index < -0.39 is 0 Å². The van der Waals surface area contributed by atoms with E-state index in [0.717, 1.165) is 24.2 Å². The summed E-state index contributed by atoms with van der Waals surface area (Å²) in [5.41, 5.74) is -0.0146. The number of likely N-dealkylation sites (tertiary alicyclic amines) is 1. The maximum atomic E-state index is 5.79. The first-order chi connectivity index (χ1) is 10.9. The predicted molar refractivity (Wildman–Crippen MR) is 93.6 cm³/mol. The van der Waals surface area contributed by atoms with Gasteiger partial charge in [-0.3, -0.25) is 4.99 Å². The molecule has 0 unspecified atom stereocenters.